The first-order chi connectivity index (χ1) is 8.43. The number of carboxylic acids is 2. The summed E-state index contributed by atoms with van der Waals surface area (Å²) in [5, 5.41) is 21.2. The molecule has 2 aromatic rings. The van der Waals surface area contributed by atoms with Crippen LogP contribution in [0, 0.1) is 0 Å². The molecule has 0 atom stereocenters. The van der Waals surface area contributed by atoms with Crippen molar-refractivity contribution in [3.8, 4) is 11.1 Å². The lowest BCUT2D eigenvalue weighted by atomic mass is 10.0. The van der Waals surface area contributed by atoms with Gasteiger partial charge in [-0.25, -0.2) is 9.59 Å². The molecule has 2 rings (SSSR count). The van der Waals surface area contributed by atoms with Crippen molar-refractivity contribution in [2.45, 2.75) is 0 Å². The Balaban J connectivity index is 2.76. The second-order valence-corrected chi connectivity index (χ2v) is 7.60. The Morgan fingerprint density at radius 3 is 1.50 bits per heavy atom. The molecule has 2 N–H and O–H groups in total. The molecule has 0 saturated carbocycles. The average Bonchev–Trinajstić information content (AvgIpc) is 2.81. The van der Waals surface area contributed by atoms with E-state index in [4.69, 9.17) is 10.2 Å². The molecule has 2 heterocycles. The minimum absolute atomic E-state index is 0.0912. The van der Waals surface area contributed by atoms with Gasteiger partial charge in [-0.2, -0.15) is 0 Å². The van der Waals surface area contributed by atoms with Crippen LogP contribution in [0.5, 0.6) is 0 Å². The molecule has 0 aromatic carbocycles. The number of rotatable bonds is 3. The normalized spacial score (nSPS) is 10.6. The van der Waals surface area contributed by atoms with Gasteiger partial charge < -0.3 is 10.2 Å². The van der Waals surface area contributed by atoms with Gasteiger partial charge in [0.2, 0.25) is 0 Å². The van der Waals surface area contributed by atoms with Crippen LogP contribution in [0.25, 0.3) is 11.1 Å². The van der Waals surface area contributed by atoms with E-state index in [1.807, 2.05) is 0 Å². The minimum Gasteiger partial charge on any atom is -0.478 e. The van der Waals surface area contributed by atoms with Crippen molar-refractivity contribution < 1.29 is 19.8 Å². The number of hydrogen-bond donors (Lipinski definition) is 2. The molecule has 8 heteroatoms. The highest BCUT2D eigenvalue weighted by Gasteiger charge is 2.25. The summed E-state index contributed by atoms with van der Waals surface area (Å²) in [5.74, 6) is -2.16. The van der Waals surface area contributed by atoms with Crippen LogP contribution < -0.4 is 0 Å². The molecule has 18 heavy (non-hydrogen) atoms. The lowest BCUT2D eigenvalue weighted by Gasteiger charge is -2.03. The molecule has 94 valence electrons. The maximum absolute atomic E-state index is 11.1. The average molecular weight is 412 g/mol. The van der Waals surface area contributed by atoms with Gasteiger partial charge in [-0.05, 0) is 31.9 Å². The zero-order chi connectivity index (χ0) is 13.4. The van der Waals surface area contributed by atoms with Gasteiger partial charge in [0.05, 0.1) is 18.7 Å². The first kappa shape index (κ1) is 13.7. The maximum Gasteiger partial charge on any atom is 0.337 e. The number of halogens is 2. The van der Waals surface area contributed by atoms with Crippen LogP contribution >= 0.6 is 54.5 Å². The maximum atomic E-state index is 11.1. The SMILES string of the molecule is O=C(O)c1csc(Br)c1-c1c(C(=O)O)csc1Br. The van der Waals surface area contributed by atoms with Crippen molar-refractivity contribution in [3.05, 3.63) is 29.5 Å². The third-order valence-electron chi connectivity index (χ3n) is 2.20. The Hall–Kier alpha value is -0.700. The standard InChI is InChI=1S/C10H4Br2O4S2/c11-7-5(3(1-17-7)9(13)14)6-4(10(15)16)2-18-8(6)12/h1-2H,(H,13,14)(H,15,16). The van der Waals surface area contributed by atoms with Gasteiger partial charge in [0, 0.05) is 21.9 Å². The van der Waals surface area contributed by atoms with Gasteiger partial charge in [0.1, 0.15) is 0 Å². The summed E-state index contributed by atoms with van der Waals surface area (Å²) in [5.41, 5.74) is 0.984. The Kier molecular flexibility index (Phi) is 3.90. The van der Waals surface area contributed by atoms with E-state index in [1.165, 1.54) is 33.4 Å². The molecule has 0 aliphatic rings. The van der Waals surface area contributed by atoms with Gasteiger partial charge in [-0.15, -0.1) is 22.7 Å². The lowest BCUT2D eigenvalue weighted by molar-refractivity contribution is 0.0685. The van der Waals surface area contributed by atoms with Crippen molar-refractivity contribution in [2.24, 2.45) is 0 Å². The molecule has 0 fully saturated rings. The highest BCUT2D eigenvalue weighted by atomic mass is 79.9. The van der Waals surface area contributed by atoms with Crippen molar-refractivity contribution in [1.82, 2.24) is 0 Å². The van der Waals surface area contributed by atoms with E-state index < -0.39 is 11.9 Å². The predicted octanol–water partition coefficient (Wildman–Crippen LogP) is 4.40. The number of carboxylic acid groups (broad SMARTS) is 2. The van der Waals surface area contributed by atoms with Gasteiger partial charge in [-0.1, -0.05) is 0 Å². The van der Waals surface area contributed by atoms with Gasteiger partial charge in [0.25, 0.3) is 0 Å². The Labute approximate surface area is 126 Å². The number of hydrogen-bond acceptors (Lipinski definition) is 4. The topological polar surface area (TPSA) is 74.6 Å². The van der Waals surface area contributed by atoms with Crippen molar-refractivity contribution >= 4 is 66.5 Å². The van der Waals surface area contributed by atoms with Crippen LogP contribution in [0.15, 0.2) is 18.3 Å². The van der Waals surface area contributed by atoms with Crippen LogP contribution in [-0.2, 0) is 0 Å². The van der Waals surface area contributed by atoms with E-state index in [2.05, 4.69) is 31.9 Å². The summed E-state index contributed by atoms with van der Waals surface area (Å²) >= 11 is 8.97. The molecular formula is C10H4Br2O4S2. The highest BCUT2D eigenvalue weighted by molar-refractivity contribution is 9.11. The Bertz CT molecular complexity index is 588. The zero-order valence-corrected chi connectivity index (χ0v) is 13.2. The molecule has 0 radical (unpaired) electrons. The molecule has 0 aliphatic heterocycles. The second-order valence-electron chi connectivity index (χ2n) is 3.21. The number of carbonyl (C=O) groups is 2. The molecule has 0 unspecified atom stereocenters. The quantitative estimate of drug-likeness (QED) is 0.784. The molecular weight excluding hydrogens is 408 g/mol. The third-order valence-corrected chi connectivity index (χ3v) is 5.65. The smallest absolute Gasteiger partial charge is 0.337 e. The summed E-state index contributed by atoms with van der Waals surface area (Å²) in [7, 11) is 0. The van der Waals surface area contributed by atoms with Crippen molar-refractivity contribution in [3.63, 3.8) is 0 Å². The van der Waals surface area contributed by atoms with Crippen molar-refractivity contribution in [1.29, 1.82) is 0 Å². The summed E-state index contributed by atoms with van der Waals surface area (Å²) in [6.45, 7) is 0. The summed E-state index contributed by atoms with van der Waals surface area (Å²) in [6, 6.07) is 0. The number of thiophene rings is 2. The molecule has 0 bridgehead atoms. The molecule has 0 saturated heterocycles. The zero-order valence-electron chi connectivity index (χ0n) is 8.44. The van der Waals surface area contributed by atoms with E-state index in [0.29, 0.717) is 18.7 Å². The molecule has 2 aromatic heterocycles. The first-order valence-electron chi connectivity index (χ1n) is 4.44. The predicted molar refractivity (Wildman–Crippen MR) is 77.0 cm³/mol. The van der Waals surface area contributed by atoms with Gasteiger partial charge >= 0.3 is 11.9 Å². The molecule has 0 spiro atoms. The summed E-state index contributed by atoms with van der Waals surface area (Å²) < 4.78 is 1.20. The summed E-state index contributed by atoms with van der Waals surface area (Å²) in [6.07, 6.45) is 0. The van der Waals surface area contributed by atoms with Crippen molar-refractivity contribution in [2.75, 3.05) is 0 Å². The highest BCUT2D eigenvalue weighted by Crippen LogP contribution is 2.44. The van der Waals surface area contributed by atoms with E-state index in [9.17, 15) is 9.59 Å². The van der Waals surface area contributed by atoms with E-state index in [0.717, 1.165) is 0 Å². The molecule has 4 nitrogen and oxygen atoms in total. The fraction of sp³-hybridized carbons (Fsp3) is 0. The van der Waals surface area contributed by atoms with E-state index in [1.54, 1.807) is 0 Å². The third kappa shape index (κ3) is 2.25. The fourth-order valence-electron chi connectivity index (χ4n) is 1.45. The van der Waals surface area contributed by atoms with Crippen LogP contribution in [0.3, 0.4) is 0 Å². The van der Waals surface area contributed by atoms with Crippen LogP contribution in [0.1, 0.15) is 20.7 Å². The molecule has 0 amide bonds. The largest absolute Gasteiger partial charge is 0.478 e. The van der Waals surface area contributed by atoms with Crippen LogP contribution in [0.4, 0.5) is 0 Å². The van der Waals surface area contributed by atoms with Crippen LogP contribution in [-0.4, -0.2) is 22.2 Å². The monoisotopic (exact) mass is 410 g/mol. The van der Waals surface area contributed by atoms with E-state index in [-0.39, 0.29) is 11.1 Å². The minimum atomic E-state index is -1.08. The lowest BCUT2D eigenvalue weighted by Crippen LogP contribution is -2.00. The fourth-order valence-corrected chi connectivity index (χ4v) is 4.37. The number of aromatic carboxylic acids is 2. The second kappa shape index (κ2) is 5.12. The van der Waals surface area contributed by atoms with Crippen LogP contribution in [0.2, 0.25) is 0 Å². The molecule has 0 aliphatic carbocycles. The van der Waals surface area contributed by atoms with Gasteiger partial charge in [-0.3, -0.25) is 0 Å². The Morgan fingerprint density at radius 2 is 1.22 bits per heavy atom. The Morgan fingerprint density at radius 1 is 0.889 bits per heavy atom. The van der Waals surface area contributed by atoms with Gasteiger partial charge in [0.15, 0.2) is 0 Å². The first-order valence-corrected chi connectivity index (χ1v) is 7.79. The summed E-state index contributed by atoms with van der Waals surface area (Å²) in [4.78, 5) is 22.3. The van der Waals surface area contributed by atoms with E-state index >= 15 is 0 Å².